The molecular weight excluding hydrogens is 500 g/mol. The smallest absolute Gasteiger partial charge is 0.407 e. The number of hydrogen-bond acceptors (Lipinski definition) is 6. The minimum Gasteiger partial charge on any atom is -0.465 e. The molecular formula is C26H25F2N5O5. The minimum absolute atomic E-state index is 0.0117. The Morgan fingerprint density at radius 1 is 1.24 bits per heavy atom. The maximum Gasteiger partial charge on any atom is 0.407 e. The molecule has 3 aromatic heterocycles. The summed E-state index contributed by atoms with van der Waals surface area (Å²) in [5, 5.41) is 9.39. The van der Waals surface area contributed by atoms with Crippen molar-refractivity contribution in [2.24, 2.45) is 0 Å². The van der Waals surface area contributed by atoms with Gasteiger partial charge in [0.1, 0.15) is 23.6 Å². The van der Waals surface area contributed by atoms with E-state index in [9.17, 15) is 14.7 Å². The van der Waals surface area contributed by atoms with Crippen molar-refractivity contribution in [2.45, 2.75) is 26.4 Å². The number of amides is 1. The van der Waals surface area contributed by atoms with Gasteiger partial charge in [0.2, 0.25) is 0 Å². The number of carbonyl (C=O) groups is 2. The van der Waals surface area contributed by atoms with Crippen LogP contribution in [0.5, 0.6) is 0 Å². The Bertz CT molecular complexity index is 1510. The number of esters is 1. The number of rotatable bonds is 6. The lowest BCUT2D eigenvalue weighted by atomic mass is 10.0. The largest absolute Gasteiger partial charge is 0.465 e. The van der Waals surface area contributed by atoms with Gasteiger partial charge in [-0.3, -0.25) is 0 Å². The van der Waals surface area contributed by atoms with Crippen molar-refractivity contribution in [1.29, 1.82) is 0 Å². The monoisotopic (exact) mass is 525 g/mol. The van der Waals surface area contributed by atoms with Gasteiger partial charge in [0.25, 0.3) is 0 Å². The number of fused-ring (bicyclic) bond motifs is 1. The number of imidazole rings is 2. The predicted molar refractivity (Wildman–Crippen MR) is 131 cm³/mol. The van der Waals surface area contributed by atoms with E-state index in [0.717, 1.165) is 17.7 Å². The lowest BCUT2D eigenvalue weighted by Gasteiger charge is -2.31. The highest BCUT2D eigenvalue weighted by molar-refractivity contribution is 5.87. The maximum absolute atomic E-state index is 15.6. The van der Waals surface area contributed by atoms with Gasteiger partial charge in [-0.25, -0.2) is 28.3 Å². The Kier molecular flexibility index (Phi) is 6.81. The van der Waals surface area contributed by atoms with Gasteiger partial charge in [-0.05, 0) is 43.7 Å². The molecule has 0 radical (unpaired) electrons. The zero-order valence-corrected chi connectivity index (χ0v) is 20.7. The first-order valence-electron chi connectivity index (χ1n) is 12.0. The fraction of sp³-hybridized carbons (Fsp3) is 0.308. The van der Waals surface area contributed by atoms with Crippen molar-refractivity contribution in [2.75, 3.05) is 26.3 Å². The van der Waals surface area contributed by atoms with Crippen molar-refractivity contribution >= 4 is 17.7 Å². The van der Waals surface area contributed by atoms with Crippen LogP contribution >= 0.6 is 0 Å². The summed E-state index contributed by atoms with van der Waals surface area (Å²) in [6.45, 7) is 4.32. The van der Waals surface area contributed by atoms with E-state index in [2.05, 4.69) is 9.97 Å². The second-order valence-corrected chi connectivity index (χ2v) is 8.94. The number of benzene rings is 1. The van der Waals surface area contributed by atoms with E-state index in [1.54, 1.807) is 23.6 Å². The highest BCUT2D eigenvalue weighted by Gasteiger charge is 2.28. The van der Waals surface area contributed by atoms with Gasteiger partial charge < -0.3 is 28.4 Å². The molecule has 0 saturated carbocycles. The molecule has 4 aromatic rings. The first-order chi connectivity index (χ1) is 18.2. The SMILES string of the molecule is CCOC(=O)c1cn(-c2cc(F)c(-c3nc4cc(C)ccn4c3C[C@H]3CN(C(=O)O)CCO3)c(F)c2)cn1. The highest BCUT2D eigenvalue weighted by atomic mass is 19.1. The van der Waals surface area contributed by atoms with Crippen LogP contribution in [0.1, 0.15) is 28.7 Å². The van der Waals surface area contributed by atoms with Crippen molar-refractivity contribution in [3.05, 3.63) is 71.6 Å². The van der Waals surface area contributed by atoms with Gasteiger partial charge in [-0.15, -0.1) is 0 Å². The van der Waals surface area contributed by atoms with Crippen LogP contribution in [0.3, 0.4) is 0 Å². The first kappa shape index (κ1) is 25.3. The molecule has 0 bridgehead atoms. The molecule has 12 heteroatoms. The summed E-state index contributed by atoms with van der Waals surface area (Å²) in [6, 6.07) is 5.92. The zero-order valence-electron chi connectivity index (χ0n) is 20.7. The van der Waals surface area contributed by atoms with Crippen molar-refractivity contribution in [3.63, 3.8) is 0 Å². The van der Waals surface area contributed by atoms with Crippen LogP contribution < -0.4 is 0 Å². The Balaban J connectivity index is 1.55. The number of halogens is 2. The van der Waals surface area contributed by atoms with Crippen molar-refractivity contribution in [1.82, 2.24) is 23.8 Å². The maximum atomic E-state index is 15.6. The summed E-state index contributed by atoms with van der Waals surface area (Å²) in [5.41, 5.74) is 1.83. The molecule has 0 unspecified atom stereocenters. The van der Waals surface area contributed by atoms with Crippen molar-refractivity contribution < 1.29 is 33.0 Å². The van der Waals surface area contributed by atoms with E-state index in [1.165, 1.54) is 22.0 Å². The average molecular weight is 526 g/mol. The standard InChI is InChI=1S/C26H25F2N5O5/c1-3-37-25(34)20-13-32(14-29-20)16-9-18(27)23(19(28)10-16)24-21(33-5-4-15(2)8-22(33)30-24)11-17-12-31(26(35)36)6-7-38-17/h4-5,8-10,13-14,17H,3,6-7,11-12H2,1-2H3,(H,35,36)/t17-/m0/s1. The van der Waals surface area contributed by atoms with E-state index < -0.39 is 29.8 Å². The van der Waals surface area contributed by atoms with E-state index in [1.807, 2.05) is 13.0 Å². The third-order valence-corrected chi connectivity index (χ3v) is 6.34. The summed E-state index contributed by atoms with van der Waals surface area (Å²) in [4.78, 5) is 33.2. The van der Waals surface area contributed by atoms with Gasteiger partial charge in [0.15, 0.2) is 5.69 Å². The van der Waals surface area contributed by atoms with Crippen LogP contribution in [0, 0.1) is 18.6 Å². The van der Waals surface area contributed by atoms with Gasteiger partial charge in [0, 0.05) is 25.4 Å². The Morgan fingerprint density at radius 3 is 2.71 bits per heavy atom. The fourth-order valence-corrected chi connectivity index (χ4v) is 4.53. The molecule has 5 rings (SSSR count). The van der Waals surface area contributed by atoms with Crippen LogP contribution in [0.4, 0.5) is 13.6 Å². The molecule has 4 heterocycles. The third kappa shape index (κ3) is 4.82. The van der Waals surface area contributed by atoms with Gasteiger partial charge >= 0.3 is 12.1 Å². The first-order valence-corrected chi connectivity index (χ1v) is 12.0. The predicted octanol–water partition coefficient (Wildman–Crippen LogP) is 3.87. The molecule has 1 aliphatic heterocycles. The molecule has 38 heavy (non-hydrogen) atoms. The van der Waals surface area contributed by atoms with Gasteiger partial charge in [-0.1, -0.05) is 0 Å². The molecule has 1 N–H and O–H groups in total. The molecule has 1 amide bonds. The number of hydrogen-bond donors (Lipinski definition) is 1. The Hall–Kier alpha value is -4.32. The molecule has 0 aliphatic carbocycles. The molecule has 1 aromatic carbocycles. The molecule has 1 atom stereocenters. The van der Waals surface area contributed by atoms with E-state index in [0.29, 0.717) is 11.3 Å². The van der Waals surface area contributed by atoms with Crippen LogP contribution in [0.25, 0.3) is 22.6 Å². The topological polar surface area (TPSA) is 111 Å². The summed E-state index contributed by atoms with van der Waals surface area (Å²) in [6.07, 6.45) is 2.99. The number of ether oxygens (including phenoxy) is 2. The number of morpholine rings is 1. The van der Waals surface area contributed by atoms with Crippen LogP contribution in [-0.2, 0) is 15.9 Å². The average Bonchev–Trinajstić information content (AvgIpc) is 3.50. The molecule has 198 valence electrons. The number of nitrogens with zero attached hydrogens (tertiary/aromatic N) is 5. The van der Waals surface area contributed by atoms with Crippen LogP contribution in [0.15, 0.2) is 43.0 Å². The van der Waals surface area contributed by atoms with E-state index in [-0.39, 0.29) is 55.4 Å². The molecule has 0 spiro atoms. The quantitative estimate of drug-likeness (QED) is 0.381. The minimum atomic E-state index is -1.05. The fourth-order valence-electron chi connectivity index (χ4n) is 4.53. The van der Waals surface area contributed by atoms with Crippen LogP contribution in [0.2, 0.25) is 0 Å². The van der Waals surface area contributed by atoms with Gasteiger partial charge in [-0.2, -0.15) is 0 Å². The van der Waals surface area contributed by atoms with Crippen molar-refractivity contribution in [3.8, 4) is 16.9 Å². The number of carbonyl (C=O) groups excluding carboxylic acids is 1. The lowest BCUT2D eigenvalue weighted by molar-refractivity contribution is -0.0214. The second-order valence-electron chi connectivity index (χ2n) is 8.94. The third-order valence-electron chi connectivity index (χ3n) is 6.34. The lowest BCUT2D eigenvalue weighted by Crippen LogP contribution is -2.45. The zero-order chi connectivity index (χ0) is 27.0. The summed E-state index contributed by atoms with van der Waals surface area (Å²) >= 11 is 0. The molecule has 1 fully saturated rings. The second kappa shape index (κ2) is 10.2. The number of pyridine rings is 1. The van der Waals surface area contributed by atoms with E-state index >= 15 is 8.78 Å². The highest BCUT2D eigenvalue weighted by Crippen LogP contribution is 2.33. The molecule has 1 saturated heterocycles. The summed E-state index contributed by atoms with van der Waals surface area (Å²) < 4.78 is 44.9. The van der Waals surface area contributed by atoms with Crippen LogP contribution in [-0.4, -0.2) is 73.4 Å². The molecule has 1 aliphatic rings. The number of aromatic nitrogens is 4. The van der Waals surface area contributed by atoms with Gasteiger partial charge in [0.05, 0.1) is 48.5 Å². The number of aryl methyl sites for hydroxylation is 1. The normalized spacial score (nSPS) is 15.7. The molecule has 10 nitrogen and oxygen atoms in total. The summed E-state index contributed by atoms with van der Waals surface area (Å²) in [5.74, 6) is -2.35. The summed E-state index contributed by atoms with van der Waals surface area (Å²) in [7, 11) is 0. The Labute approximate surface area is 216 Å². The van der Waals surface area contributed by atoms with E-state index in [4.69, 9.17) is 9.47 Å². The Morgan fingerprint density at radius 2 is 2.00 bits per heavy atom. The number of carboxylic acid groups (broad SMARTS) is 1.